The summed E-state index contributed by atoms with van der Waals surface area (Å²) in [5, 5.41) is 4.12. The number of halogens is 5. The fourth-order valence-electron chi connectivity index (χ4n) is 6.25. The van der Waals surface area contributed by atoms with Crippen LogP contribution in [-0.4, -0.2) is 59.6 Å². The van der Waals surface area contributed by atoms with Crippen molar-refractivity contribution in [3.63, 3.8) is 0 Å². The summed E-state index contributed by atoms with van der Waals surface area (Å²) >= 11 is 0.247. The zero-order valence-electron chi connectivity index (χ0n) is 24.3. The summed E-state index contributed by atoms with van der Waals surface area (Å²) in [6.45, 7) is -0.0516. The molecule has 2 aromatic carbocycles. The fraction of sp³-hybridized carbons (Fsp3) is 0.323. The molecule has 2 aliphatic rings. The van der Waals surface area contributed by atoms with Crippen molar-refractivity contribution >= 4 is 33.2 Å². The number of Topliss-reactive ketones (excluding diaryl/α,β-unsaturated/α-hetero) is 1. The highest BCUT2D eigenvalue weighted by Gasteiger charge is 2.52. The lowest BCUT2D eigenvalue weighted by Gasteiger charge is -2.46. The summed E-state index contributed by atoms with van der Waals surface area (Å²) in [4.78, 5) is 17.1. The molecule has 0 bridgehead atoms. The van der Waals surface area contributed by atoms with E-state index in [0.29, 0.717) is 28.7 Å². The maximum Gasteiger partial charge on any atom is 0.427 e. The molecule has 0 radical (unpaired) electrons. The minimum atomic E-state index is -4.70. The maximum absolute atomic E-state index is 14.4. The first kappa shape index (κ1) is 32.2. The van der Waals surface area contributed by atoms with Crippen LogP contribution >= 0.6 is 11.3 Å². The molecule has 0 spiro atoms. The zero-order valence-corrected chi connectivity index (χ0v) is 25.9. The van der Waals surface area contributed by atoms with Gasteiger partial charge in [-0.15, -0.1) is 11.3 Å². The average molecular weight is 679 g/mol. The first-order chi connectivity index (χ1) is 21.8. The van der Waals surface area contributed by atoms with Gasteiger partial charge in [-0.2, -0.15) is 22.6 Å². The Morgan fingerprint density at radius 1 is 1.09 bits per heavy atom. The number of nitrogens with zero attached hydrogens (tertiary/aromatic N) is 4. The van der Waals surface area contributed by atoms with Crippen LogP contribution in [0.1, 0.15) is 45.2 Å². The molecule has 15 heteroatoms. The van der Waals surface area contributed by atoms with Crippen molar-refractivity contribution in [3.8, 4) is 5.69 Å². The Balaban J connectivity index is 1.44. The van der Waals surface area contributed by atoms with E-state index >= 15 is 0 Å². The van der Waals surface area contributed by atoms with Crippen LogP contribution in [0, 0.1) is 17.0 Å². The van der Waals surface area contributed by atoms with Gasteiger partial charge in [0, 0.05) is 19.7 Å². The summed E-state index contributed by atoms with van der Waals surface area (Å²) < 4.78 is 104. The van der Waals surface area contributed by atoms with Crippen molar-refractivity contribution < 1.29 is 39.9 Å². The molecule has 1 fully saturated rings. The number of ketones is 1. The molecule has 0 N–H and O–H groups in total. The van der Waals surface area contributed by atoms with E-state index < -0.39 is 50.0 Å². The Hall–Kier alpha value is -3.79. The van der Waals surface area contributed by atoms with Crippen LogP contribution in [0.25, 0.3) is 11.8 Å². The van der Waals surface area contributed by atoms with Gasteiger partial charge in [-0.1, -0.05) is 5.57 Å². The lowest BCUT2D eigenvalue weighted by Crippen LogP contribution is -2.51. The molecule has 1 saturated carbocycles. The third kappa shape index (κ3) is 5.80. The van der Waals surface area contributed by atoms with Crippen molar-refractivity contribution in [2.45, 2.75) is 42.8 Å². The minimum Gasteiger partial charge on any atom is -0.383 e. The fourth-order valence-corrected chi connectivity index (χ4v) is 8.72. The van der Waals surface area contributed by atoms with E-state index in [9.17, 15) is 35.2 Å². The average Bonchev–Trinajstić information content (AvgIpc) is 3.68. The number of benzene rings is 2. The Kier molecular flexibility index (Phi) is 8.46. The van der Waals surface area contributed by atoms with Gasteiger partial charge in [0.1, 0.15) is 16.5 Å². The van der Waals surface area contributed by atoms with Crippen LogP contribution in [-0.2, 0) is 27.4 Å². The quantitative estimate of drug-likeness (QED) is 0.152. The van der Waals surface area contributed by atoms with Crippen LogP contribution in [0.5, 0.6) is 0 Å². The van der Waals surface area contributed by atoms with Gasteiger partial charge < -0.3 is 4.74 Å². The molecular weight excluding hydrogens is 651 g/mol. The number of aromatic nitrogens is 3. The molecule has 6 rings (SSSR count). The number of ether oxygens (including phenoxy) is 1. The number of allylic oxidation sites excluding steroid dienone is 1. The lowest BCUT2D eigenvalue weighted by atomic mass is 9.61. The largest absolute Gasteiger partial charge is 0.427 e. The lowest BCUT2D eigenvalue weighted by molar-refractivity contribution is -0.134. The highest BCUT2D eigenvalue weighted by Crippen LogP contribution is 2.52. The van der Waals surface area contributed by atoms with Crippen LogP contribution in [0.3, 0.4) is 0 Å². The second kappa shape index (κ2) is 12.1. The van der Waals surface area contributed by atoms with Crippen molar-refractivity contribution in [3.05, 3.63) is 99.3 Å². The van der Waals surface area contributed by atoms with Crippen molar-refractivity contribution in [1.82, 2.24) is 19.1 Å². The van der Waals surface area contributed by atoms with E-state index in [4.69, 9.17) is 4.74 Å². The smallest absolute Gasteiger partial charge is 0.383 e. The van der Waals surface area contributed by atoms with E-state index in [-0.39, 0.29) is 60.1 Å². The number of carbonyl (C=O) groups is 1. The molecule has 0 saturated heterocycles. The number of hydrogen-bond donors (Lipinski definition) is 0. The molecule has 2 heterocycles. The Morgan fingerprint density at radius 3 is 2.39 bits per heavy atom. The van der Waals surface area contributed by atoms with Gasteiger partial charge in [0.15, 0.2) is 5.01 Å². The number of alkyl halides is 3. The molecule has 4 aromatic rings. The third-order valence-corrected chi connectivity index (χ3v) is 11.5. The SMILES string of the molecule is COCCN([C@H]1CCC2=Cc3c(cnn3-c3ccc(F)cc3)C[C@]2(C(=O)c2ncc(C(F)(F)F)s2)C1)S(=O)(=O)c1ccc(F)cc1. The van der Waals surface area contributed by atoms with Crippen LogP contribution < -0.4 is 0 Å². The molecule has 2 aromatic heterocycles. The molecular formula is C31H27F5N4O4S2. The topological polar surface area (TPSA) is 94.4 Å². The van der Waals surface area contributed by atoms with Gasteiger partial charge in [0.2, 0.25) is 15.8 Å². The highest BCUT2D eigenvalue weighted by molar-refractivity contribution is 7.89. The zero-order chi connectivity index (χ0) is 32.9. The standard InChI is InChI=1S/C31H27F5N4O4S2/c1-44-13-12-39(46(42,43)25-10-5-22(33)6-11-25)24-7-2-20-14-26-19(17-38-40(26)23-8-3-21(32)4-9-23)15-30(20,16-24)28(41)29-37-18-27(45-29)31(34,35)36/h3-6,8-11,14,17-18,24H,2,7,12-13,15-16H2,1H3/t24-,30-/m0/s1. The Bertz CT molecular complexity index is 1900. The van der Waals surface area contributed by atoms with E-state index in [0.717, 1.165) is 24.3 Å². The normalized spacial score (nSPS) is 19.9. The minimum absolute atomic E-state index is 0.0244. The van der Waals surface area contributed by atoms with Gasteiger partial charge in [-0.05, 0) is 85.9 Å². The summed E-state index contributed by atoms with van der Waals surface area (Å²) in [5.41, 5.74) is 0.989. The predicted octanol–water partition coefficient (Wildman–Crippen LogP) is 6.32. The van der Waals surface area contributed by atoms with E-state index in [1.54, 1.807) is 29.1 Å². The number of rotatable bonds is 9. The number of thiazole rings is 1. The van der Waals surface area contributed by atoms with E-state index in [2.05, 4.69) is 10.1 Å². The predicted molar refractivity (Wildman–Crippen MR) is 159 cm³/mol. The van der Waals surface area contributed by atoms with Crippen molar-refractivity contribution in [2.24, 2.45) is 5.41 Å². The van der Waals surface area contributed by atoms with Crippen LogP contribution in [0.15, 0.2) is 71.4 Å². The number of sulfonamides is 1. The number of carbonyl (C=O) groups excluding carboxylic acids is 1. The summed E-state index contributed by atoms with van der Waals surface area (Å²) in [6.07, 6.45) is -0.243. The molecule has 2 aliphatic carbocycles. The highest BCUT2D eigenvalue weighted by atomic mass is 32.2. The van der Waals surface area contributed by atoms with Crippen molar-refractivity contribution in [2.75, 3.05) is 20.3 Å². The van der Waals surface area contributed by atoms with Gasteiger partial charge in [-0.25, -0.2) is 26.9 Å². The maximum atomic E-state index is 14.4. The number of fused-ring (bicyclic) bond motifs is 2. The Labute approximate surface area is 265 Å². The van der Waals surface area contributed by atoms with Crippen molar-refractivity contribution in [1.29, 1.82) is 0 Å². The molecule has 242 valence electrons. The molecule has 0 unspecified atom stereocenters. The molecule has 2 atom stereocenters. The molecule has 46 heavy (non-hydrogen) atoms. The first-order valence-electron chi connectivity index (χ1n) is 14.2. The second-order valence-corrected chi connectivity index (χ2v) is 14.1. The third-order valence-electron chi connectivity index (χ3n) is 8.46. The van der Waals surface area contributed by atoms with Gasteiger partial charge in [0.05, 0.1) is 40.7 Å². The van der Waals surface area contributed by atoms with Gasteiger partial charge in [-0.3, -0.25) is 4.79 Å². The summed E-state index contributed by atoms with van der Waals surface area (Å²) in [5.74, 6) is -1.68. The van der Waals surface area contributed by atoms with E-state index in [1.807, 2.05) is 0 Å². The number of hydrogen-bond acceptors (Lipinski definition) is 7. The molecule has 8 nitrogen and oxygen atoms in total. The second-order valence-electron chi connectivity index (χ2n) is 11.2. The molecule has 0 aliphatic heterocycles. The summed E-state index contributed by atoms with van der Waals surface area (Å²) in [7, 11) is -2.79. The van der Waals surface area contributed by atoms with Gasteiger partial charge >= 0.3 is 6.18 Å². The monoisotopic (exact) mass is 678 g/mol. The van der Waals surface area contributed by atoms with Crippen LogP contribution in [0.2, 0.25) is 0 Å². The first-order valence-corrected chi connectivity index (χ1v) is 16.5. The van der Waals surface area contributed by atoms with Crippen LogP contribution in [0.4, 0.5) is 22.0 Å². The van der Waals surface area contributed by atoms with E-state index in [1.165, 1.54) is 23.5 Å². The Morgan fingerprint density at radius 2 is 1.76 bits per heavy atom. The van der Waals surface area contributed by atoms with Gasteiger partial charge in [0.25, 0.3) is 0 Å². The number of methoxy groups -OCH3 is 1. The molecule has 0 amide bonds. The summed E-state index contributed by atoms with van der Waals surface area (Å²) in [6, 6.07) is 9.30.